The molecule has 1 aromatic heterocycles. The molecule has 6 heteroatoms. The van der Waals surface area contributed by atoms with Crippen LogP contribution in [0.4, 0.5) is 4.39 Å². The number of nitrogens with one attached hydrogen (secondary N) is 1. The van der Waals surface area contributed by atoms with Crippen LogP contribution in [0, 0.1) is 18.2 Å². The van der Waals surface area contributed by atoms with Crippen molar-refractivity contribution in [3.8, 4) is 17.2 Å². The average Bonchev–Trinajstić information content (AvgIpc) is 3.20. The first-order valence-corrected chi connectivity index (χ1v) is 9.32. The summed E-state index contributed by atoms with van der Waals surface area (Å²) in [6.45, 7) is 7.11. The second-order valence-corrected chi connectivity index (χ2v) is 7.58. The van der Waals surface area contributed by atoms with Gasteiger partial charge in [0, 0.05) is 13.1 Å². The van der Waals surface area contributed by atoms with E-state index in [0.29, 0.717) is 22.6 Å². The standard InChI is InChI=1S/C20H26FN3O2/c1-14-18(12-24-10-7-20(13-24)5-8-22-9-6-20)23-19(26-14)16-11-15(25-2)3-4-17(16)21/h3-4,11,22H,5-10,12-13H2,1-2H3. The third-order valence-electron chi connectivity index (χ3n) is 5.85. The molecule has 26 heavy (non-hydrogen) atoms. The zero-order chi connectivity index (χ0) is 18.1. The molecule has 0 saturated carbocycles. The number of oxazole rings is 1. The van der Waals surface area contributed by atoms with Gasteiger partial charge in [-0.05, 0) is 69.4 Å². The van der Waals surface area contributed by atoms with E-state index in [-0.39, 0.29) is 5.82 Å². The quantitative estimate of drug-likeness (QED) is 0.907. The number of halogens is 1. The number of hydrogen-bond acceptors (Lipinski definition) is 5. The van der Waals surface area contributed by atoms with E-state index in [1.165, 1.54) is 25.3 Å². The average molecular weight is 359 g/mol. The summed E-state index contributed by atoms with van der Waals surface area (Å²) in [5, 5.41) is 3.45. The lowest BCUT2D eigenvalue weighted by Crippen LogP contribution is -2.38. The molecule has 0 amide bonds. The molecule has 2 saturated heterocycles. The Morgan fingerprint density at radius 2 is 2.12 bits per heavy atom. The molecule has 3 heterocycles. The van der Waals surface area contributed by atoms with Crippen LogP contribution in [-0.2, 0) is 6.54 Å². The zero-order valence-electron chi connectivity index (χ0n) is 15.5. The second kappa shape index (κ2) is 7.00. The van der Waals surface area contributed by atoms with Gasteiger partial charge in [-0.1, -0.05) is 0 Å². The maximum Gasteiger partial charge on any atom is 0.229 e. The van der Waals surface area contributed by atoms with E-state index in [2.05, 4.69) is 15.2 Å². The van der Waals surface area contributed by atoms with Crippen molar-refractivity contribution in [3.05, 3.63) is 35.5 Å². The first-order valence-electron chi connectivity index (χ1n) is 9.32. The van der Waals surface area contributed by atoms with E-state index >= 15 is 0 Å². The highest BCUT2D eigenvalue weighted by Crippen LogP contribution is 2.39. The van der Waals surface area contributed by atoms with E-state index in [9.17, 15) is 4.39 Å². The summed E-state index contributed by atoms with van der Waals surface area (Å²) in [6, 6.07) is 4.61. The van der Waals surface area contributed by atoms with Crippen LogP contribution in [-0.4, -0.2) is 43.2 Å². The fraction of sp³-hybridized carbons (Fsp3) is 0.550. The van der Waals surface area contributed by atoms with Crippen molar-refractivity contribution in [2.75, 3.05) is 33.3 Å². The van der Waals surface area contributed by atoms with Crippen molar-refractivity contribution in [3.63, 3.8) is 0 Å². The molecule has 2 aliphatic heterocycles. The van der Waals surface area contributed by atoms with E-state index < -0.39 is 0 Å². The number of likely N-dealkylation sites (tertiary alicyclic amines) is 1. The van der Waals surface area contributed by atoms with Crippen molar-refractivity contribution in [2.24, 2.45) is 5.41 Å². The molecule has 0 unspecified atom stereocenters. The number of piperidine rings is 1. The third-order valence-corrected chi connectivity index (χ3v) is 5.85. The largest absolute Gasteiger partial charge is 0.497 e. The SMILES string of the molecule is COc1ccc(F)c(-c2nc(CN3CCC4(CCNCC4)C3)c(C)o2)c1. The van der Waals surface area contributed by atoms with Crippen LogP contribution < -0.4 is 10.1 Å². The summed E-state index contributed by atoms with van der Waals surface area (Å²) in [7, 11) is 1.56. The number of hydrogen-bond donors (Lipinski definition) is 1. The molecule has 0 bridgehead atoms. The van der Waals surface area contributed by atoms with Crippen molar-refractivity contribution in [1.29, 1.82) is 0 Å². The Balaban J connectivity index is 1.51. The fourth-order valence-electron chi connectivity index (χ4n) is 4.22. The summed E-state index contributed by atoms with van der Waals surface area (Å²) in [5.41, 5.74) is 1.70. The van der Waals surface area contributed by atoms with E-state index in [4.69, 9.17) is 9.15 Å². The van der Waals surface area contributed by atoms with Gasteiger partial charge in [0.15, 0.2) is 0 Å². The molecule has 1 spiro atoms. The van der Waals surface area contributed by atoms with Gasteiger partial charge in [0.1, 0.15) is 17.3 Å². The van der Waals surface area contributed by atoms with Crippen molar-refractivity contribution in [2.45, 2.75) is 32.7 Å². The van der Waals surface area contributed by atoms with Gasteiger partial charge in [-0.25, -0.2) is 9.37 Å². The summed E-state index contributed by atoms with van der Waals surface area (Å²) in [4.78, 5) is 7.06. The Hall–Kier alpha value is -1.92. The Kier molecular flexibility index (Phi) is 4.71. The summed E-state index contributed by atoms with van der Waals surface area (Å²) < 4.78 is 25.2. The lowest BCUT2D eigenvalue weighted by atomic mass is 9.78. The van der Waals surface area contributed by atoms with Crippen LogP contribution in [0.5, 0.6) is 5.75 Å². The molecule has 1 aromatic carbocycles. The van der Waals surface area contributed by atoms with Crippen LogP contribution in [0.15, 0.2) is 22.6 Å². The highest BCUT2D eigenvalue weighted by atomic mass is 19.1. The van der Waals surface area contributed by atoms with Crippen LogP contribution >= 0.6 is 0 Å². The molecule has 1 N–H and O–H groups in total. The van der Waals surface area contributed by atoms with Gasteiger partial charge >= 0.3 is 0 Å². The normalized spacial score (nSPS) is 20.0. The van der Waals surface area contributed by atoms with Gasteiger partial charge in [0.05, 0.1) is 18.4 Å². The molecule has 5 nitrogen and oxygen atoms in total. The number of benzene rings is 1. The molecule has 2 aliphatic rings. The summed E-state index contributed by atoms with van der Waals surface area (Å²) in [5.74, 6) is 1.32. The van der Waals surface area contributed by atoms with Gasteiger partial charge in [-0.2, -0.15) is 0 Å². The highest BCUT2D eigenvalue weighted by Gasteiger charge is 2.39. The topological polar surface area (TPSA) is 50.5 Å². The minimum absolute atomic E-state index is 0.324. The lowest BCUT2D eigenvalue weighted by Gasteiger charge is -2.33. The molecule has 0 radical (unpaired) electrons. The van der Waals surface area contributed by atoms with Gasteiger partial charge < -0.3 is 14.5 Å². The Morgan fingerprint density at radius 1 is 1.31 bits per heavy atom. The minimum Gasteiger partial charge on any atom is -0.497 e. The number of rotatable bonds is 4. The van der Waals surface area contributed by atoms with Gasteiger partial charge in [0.25, 0.3) is 0 Å². The summed E-state index contributed by atoms with van der Waals surface area (Å²) in [6.07, 6.45) is 3.76. The van der Waals surface area contributed by atoms with Crippen molar-refractivity contribution < 1.29 is 13.5 Å². The van der Waals surface area contributed by atoms with Crippen LogP contribution in [0.3, 0.4) is 0 Å². The predicted molar refractivity (Wildman–Crippen MR) is 97.6 cm³/mol. The van der Waals surface area contributed by atoms with Crippen molar-refractivity contribution in [1.82, 2.24) is 15.2 Å². The van der Waals surface area contributed by atoms with Gasteiger partial charge in [-0.15, -0.1) is 0 Å². The van der Waals surface area contributed by atoms with E-state index in [1.807, 2.05) is 6.92 Å². The smallest absolute Gasteiger partial charge is 0.229 e. The molecule has 4 rings (SSSR count). The minimum atomic E-state index is -0.353. The lowest BCUT2D eigenvalue weighted by molar-refractivity contribution is 0.193. The number of nitrogens with zero attached hydrogens (tertiary/aromatic N) is 2. The third kappa shape index (κ3) is 3.35. The molecule has 2 fully saturated rings. The zero-order valence-corrected chi connectivity index (χ0v) is 15.5. The predicted octanol–water partition coefficient (Wildman–Crippen LogP) is 3.37. The molecule has 0 atom stereocenters. The first kappa shape index (κ1) is 17.5. The molecule has 0 aliphatic carbocycles. The number of methoxy groups -OCH3 is 1. The van der Waals surface area contributed by atoms with Crippen LogP contribution in [0.25, 0.3) is 11.5 Å². The molecular weight excluding hydrogens is 333 g/mol. The number of ether oxygens (including phenoxy) is 1. The molecular formula is C20H26FN3O2. The molecule has 2 aromatic rings. The monoisotopic (exact) mass is 359 g/mol. The van der Waals surface area contributed by atoms with E-state index in [0.717, 1.165) is 44.2 Å². The number of aryl methyl sites for hydroxylation is 1. The summed E-state index contributed by atoms with van der Waals surface area (Å²) >= 11 is 0. The maximum absolute atomic E-state index is 14.2. The van der Waals surface area contributed by atoms with Crippen LogP contribution in [0.2, 0.25) is 0 Å². The van der Waals surface area contributed by atoms with Crippen LogP contribution in [0.1, 0.15) is 30.7 Å². The first-order chi connectivity index (χ1) is 12.6. The Bertz CT molecular complexity index is 783. The number of aromatic nitrogens is 1. The van der Waals surface area contributed by atoms with Crippen molar-refractivity contribution >= 4 is 0 Å². The maximum atomic E-state index is 14.2. The second-order valence-electron chi connectivity index (χ2n) is 7.58. The van der Waals surface area contributed by atoms with Gasteiger partial charge in [0.2, 0.25) is 5.89 Å². The fourth-order valence-corrected chi connectivity index (χ4v) is 4.22. The van der Waals surface area contributed by atoms with E-state index in [1.54, 1.807) is 19.2 Å². The Morgan fingerprint density at radius 3 is 2.88 bits per heavy atom. The Labute approximate surface area is 153 Å². The highest BCUT2D eigenvalue weighted by molar-refractivity contribution is 5.57. The van der Waals surface area contributed by atoms with Gasteiger partial charge in [-0.3, -0.25) is 4.90 Å². The molecule has 140 valence electrons.